The van der Waals surface area contributed by atoms with E-state index in [-0.39, 0.29) is 17.0 Å². The number of benzene rings is 3. The molecule has 0 saturated heterocycles. The van der Waals surface area contributed by atoms with Crippen LogP contribution >= 0.6 is 0 Å². The molecule has 4 rings (SSSR count). The van der Waals surface area contributed by atoms with Gasteiger partial charge in [-0.15, -0.1) is 0 Å². The van der Waals surface area contributed by atoms with Gasteiger partial charge in [-0.05, 0) is 62.7 Å². The van der Waals surface area contributed by atoms with Crippen molar-refractivity contribution in [1.82, 2.24) is 0 Å². The fraction of sp³-hybridized carbons (Fsp3) is 0.179. The molecule has 8 nitrogen and oxygen atoms in total. The summed E-state index contributed by atoms with van der Waals surface area (Å²) >= 11 is 0. The lowest BCUT2D eigenvalue weighted by molar-refractivity contribution is 0.0698. The number of carbonyl (C=O) groups is 1. The van der Waals surface area contributed by atoms with Crippen molar-refractivity contribution in [2.75, 3.05) is 11.1 Å². The highest BCUT2D eigenvalue weighted by atomic mass is 19.1. The maximum Gasteiger partial charge on any atom is 0.337 e. The molecule has 0 spiro atoms. The molecule has 0 fully saturated rings. The molecule has 2 atom stereocenters. The lowest BCUT2D eigenvalue weighted by Gasteiger charge is -2.19. The number of carboxylic acid groups (broad SMARTS) is 1. The third-order valence-corrected chi connectivity index (χ3v) is 5.52. The highest BCUT2D eigenvalue weighted by molar-refractivity contribution is 5.94. The first-order chi connectivity index (χ1) is 17.5. The number of hydrogen-bond donors (Lipinski definition) is 5. The fourth-order valence-corrected chi connectivity index (χ4v) is 3.86. The number of para-hydroxylation sites is 1. The van der Waals surface area contributed by atoms with E-state index in [0.29, 0.717) is 39.2 Å². The van der Waals surface area contributed by atoms with E-state index >= 15 is 0 Å². The van der Waals surface area contributed by atoms with E-state index in [1.165, 1.54) is 19.1 Å². The quantitative estimate of drug-likeness (QED) is 0.132. The molecule has 1 aromatic heterocycles. The fourth-order valence-electron chi connectivity index (χ4n) is 3.86. The van der Waals surface area contributed by atoms with Crippen molar-refractivity contribution in [3.63, 3.8) is 0 Å². The zero-order valence-electron chi connectivity index (χ0n) is 20.7. The highest BCUT2D eigenvalue weighted by Gasteiger charge is 2.18. The molecule has 37 heavy (non-hydrogen) atoms. The van der Waals surface area contributed by atoms with E-state index in [4.69, 9.17) is 15.6 Å². The monoisotopic (exact) mass is 504 g/mol. The second kappa shape index (κ2) is 11.5. The van der Waals surface area contributed by atoms with Crippen LogP contribution in [0.5, 0.6) is 0 Å². The van der Waals surface area contributed by atoms with Gasteiger partial charge >= 0.3 is 5.97 Å². The predicted molar refractivity (Wildman–Crippen MR) is 145 cm³/mol. The minimum atomic E-state index is -1.17. The number of carboxylic acids is 1. The number of rotatable bonds is 6. The molecule has 4 aromatic rings. The van der Waals surface area contributed by atoms with E-state index in [1.807, 2.05) is 19.9 Å². The number of aryl methyl sites for hydroxylation is 1. The topological polar surface area (TPSA) is 155 Å². The molecule has 0 radical (unpaired) electrons. The summed E-state index contributed by atoms with van der Waals surface area (Å²) in [4.78, 5) is 24.6. The van der Waals surface area contributed by atoms with Crippen molar-refractivity contribution in [3.05, 3.63) is 93.1 Å². The second-order valence-electron chi connectivity index (χ2n) is 8.59. The number of alkyl halides is 1. The molecule has 0 aliphatic carbocycles. The zero-order chi connectivity index (χ0) is 27.3. The minimum Gasteiger partial charge on any atom is -0.478 e. The van der Waals surface area contributed by atoms with Crippen LogP contribution < -0.4 is 22.2 Å². The molecule has 3 aromatic carbocycles. The number of fused-ring (bicyclic) bond motifs is 1. The highest BCUT2D eigenvalue weighted by Crippen LogP contribution is 2.32. The van der Waals surface area contributed by atoms with Gasteiger partial charge in [0.15, 0.2) is 5.43 Å². The Kier molecular flexibility index (Phi) is 8.41. The first-order valence-electron chi connectivity index (χ1n) is 11.5. The van der Waals surface area contributed by atoms with Gasteiger partial charge in [0.2, 0.25) is 0 Å². The molecule has 0 aliphatic rings. The van der Waals surface area contributed by atoms with Crippen molar-refractivity contribution in [2.45, 2.75) is 33.1 Å². The van der Waals surface area contributed by atoms with E-state index in [1.54, 1.807) is 42.5 Å². The van der Waals surface area contributed by atoms with Crippen LogP contribution in [-0.4, -0.2) is 23.6 Å². The predicted octanol–water partition coefficient (Wildman–Crippen LogP) is 5.48. The molecule has 2 unspecified atom stereocenters. The molecule has 1 heterocycles. The third kappa shape index (κ3) is 6.39. The second-order valence-corrected chi connectivity index (χ2v) is 8.59. The zero-order valence-corrected chi connectivity index (χ0v) is 20.7. The molecule has 0 aliphatic heterocycles. The third-order valence-electron chi connectivity index (χ3n) is 5.52. The number of hydrogen-bond acceptors (Lipinski definition) is 7. The largest absolute Gasteiger partial charge is 0.478 e. The molecule has 0 bridgehead atoms. The summed E-state index contributed by atoms with van der Waals surface area (Å²) < 4.78 is 17.0. The number of nitrogens with one attached hydrogen (secondary N) is 2. The lowest BCUT2D eigenvalue weighted by atomic mass is 10.00. The number of anilines is 2. The molecule has 9 heteroatoms. The van der Waals surface area contributed by atoms with E-state index in [9.17, 15) is 19.1 Å². The first-order valence-corrected chi connectivity index (χ1v) is 11.5. The van der Waals surface area contributed by atoms with Gasteiger partial charge in [0.05, 0.1) is 17.0 Å². The van der Waals surface area contributed by atoms with Crippen molar-refractivity contribution in [3.8, 4) is 11.3 Å². The van der Waals surface area contributed by atoms with Gasteiger partial charge in [-0.25, -0.2) is 9.18 Å². The summed E-state index contributed by atoms with van der Waals surface area (Å²) in [6.07, 6.45) is -0.0152. The summed E-state index contributed by atoms with van der Waals surface area (Å²) in [5.74, 6) is -0.669. The van der Waals surface area contributed by atoms with Crippen molar-refractivity contribution in [1.29, 1.82) is 5.41 Å². The van der Waals surface area contributed by atoms with Crippen LogP contribution in [0.1, 0.15) is 46.9 Å². The Balaban J connectivity index is 0.000000886. The number of halogens is 1. The van der Waals surface area contributed by atoms with Crippen LogP contribution in [0.4, 0.5) is 15.8 Å². The molecule has 0 saturated carbocycles. The maximum absolute atomic E-state index is 13.0. The van der Waals surface area contributed by atoms with E-state index < -0.39 is 12.3 Å². The molecular weight excluding hydrogens is 475 g/mol. The van der Waals surface area contributed by atoms with E-state index in [0.717, 1.165) is 17.3 Å². The summed E-state index contributed by atoms with van der Waals surface area (Å²) in [6, 6.07) is 16.5. The van der Waals surface area contributed by atoms with Crippen LogP contribution in [0.3, 0.4) is 0 Å². The van der Waals surface area contributed by atoms with Gasteiger partial charge in [0.1, 0.15) is 17.6 Å². The normalized spacial score (nSPS) is 12.2. The first kappa shape index (κ1) is 27.1. The standard InChI is InChI=1S/C26H23N3O4.C2H6FN/c1-14-9-19(15(2)29-22-6-4-3-5-18(22)26(31)32)25-20(10-14)23(30)12-24(33-25)16-7-8-21(28)17(11-16)13-27;1-2(3)4/h3-13,15,27,29H,28H2,1-2H3,(H,31,32);2H,4H2,1H3. The van der Waals surface area contributed by atoms with Gasteiger partial charge in [-0.3, -0.25) is 4.79 Å². The summed E-state index contributed by atoms with van der Waals surface area (Å²) in [7, 11) is 0. The Morgan fingerprint density at radius 3 is 2.46 bits per heavy atom. The smallest absolute Gasteiger partial charge is 0.337 e. The number of aromatic carboxylic acids is 1. The van der Waals surface area contributed by atoms with E-state index in [2.05, 4.69) is 11.1 Å². The molecule has 7 N–H and O–H groups in total. The van der Waals surface area contributed by atoms with Gasteiger partial charge in [0.25, 0.3) is 0 Å². The average Bonchev–Trinajstić information content (AvgIpc) is 2.84. The van der Waals surface area contributed by atoms with Crippen LogP contribution in [0.2, 0.25) is 0 Å². The van der Waals surface area contributed by atoms with Crippen molar-refractivity contribution >= 4 is 34.5 Å². The Morgan fingerprint density at radius 2 is 1.81 bits per heavy atom. The van der Waals surface area contributed by atoms with Gasteiger partial charge in [-0.1, -0.05) is 18.2 Å². The Hall–Kier alpha value is -4.50. The Labute approximate surface area is 213 Å². The molecular formula is C28H29FN4O4. The van der Waals surface area contributed by atoms with Crippen LogP contribution in [-0.2, 0) is 0 Å². The van der Waals surface area contributed by atoms with Gasteiger partial charge < -0.3 is 31.7 Å². The van der Waals surface area contributed by atoms with Crippen LogP contribution in [0, 0.1) is 12.3 Å². The maximum atomic E-state index is 13.0. The number of nitrogens with two attached hydrogens (primary N) is 2. The number of nitrogen functional groups attached to an aromatic ring is 1. The Morgan fingerprint density at radius 1 is 1.14 bits per heavy atom. The van der Waals surface area contributed by atoms with Gasteiger partial charge in [0, 0.05) is 40.3 Å². The average molecular weight is 505 g/mol. The van der Waals surface area contributed by atoms with Gasteiger partial charge in [-0.2, -0.15) is 0 Å². The van der Waals surface area contributed by atoms with Crippen LogP contribution in [0.25, 0.3) is 22.3 Å². The molecule has 192 valence electrons. The van der Waals surface area contributed by atoms with Crippen LogP contribution in [0.15, 0.2) is 69.9 Å². The minimum absolute atomic E-state index is 0.157. The van der Waals surface area contributed by atoms with Crippen molar-refractivity contribution in [2.24, 2.45) is 5.73 Å². The lowest BCUT2D eigenvalue weighted by Crippen LogP contribution is -2.12. The Bertz CT molecular complexity index is 1510. The molecule has 0 amide bonds. The summed E-state index contributed by atoms with van der Waals surface area (Å²) in [5.41, 5.74) is 14.4. The summed E-state index contributed by atoms with van der Waals surface area (Å²) in [6.45, 7) is 5.06. The summed E-state index contributed by atoms with van der Waals surface area (Å²) in [5, 5.41) is 20.7. The van der Waals surface area contributed by atoms with Crippen molar-refractivity contribution < 1.29 is 18.7 Å². The SMILES string of the molecule is CC(N)F.Cc1cc(C(C)Nc2ccccc2C(=O)O)c2oc(-c3ccc(N)c(C=N)c3)cc(=O)c2c1.